The van der Waals surface area contributed by atoms with Crippen molar-refractivity contribution in [3.63, 3.8) is 0 Å². The van der Waals surface area contributed by atoms with Crippen molar-refractivity contribution in [1.29, 1.82) is 0 Å². The molecule has 1 aromatic heterocycles. The first-order valence-corrected chi connectivity index (χ1v) is 8.46. The van der Waals surface area contributed by atoms with Crippen LogP contribution in [0.15, 0.2) is 46.6 Å². The minimum absolute atomic E-state index is 0.112. The van der Waals surface area contributed by atoms with E-state index in [4.69, 9.17) is 10.5 Å². The highest BCUT2D eigenvalue weighted by Gasteiger charge is 2.09. The number of rotatable bonds is 8. The number of carbonyl (C=O) groups excluding carboxylic acids is 2. The van der Waals surface area contributed by atoms with Gasteiger partial charge in [0.25, 0.3) is 0 Å². The van der Waals surface area contributed by atoms with Crippen LogP contribution < -0.4 is 21.1 Å². The monoisotopic (exact) mass is 370 g/mol. The molecule has 0 bridgehead atoms. The van der Waals surface area contributed by atoms with E-state index in [0.717, 1.165) is 0 Å². The molecule has 0 spiro atoms. The van der Waals surface area contributed by atoms with Gasteiger partial charge in [-0.1, -0.05) is 19.1 Å². The van der Waals surface area contributed by atoms with Crippen LogP contribution in [-0.4, -0.2) is 30.5 Å². The first kappa shape index (κ1) is 20.0. The zero-order chi connectivity index (χ0) is 19.6. The van der Waals surface area contributed by atoms with E-state index < -0.39 is 0 Å². The van der Waals surface area contributed by atoms with E-state index in [-0.39, 0.29) is 24.2 Å². The maximum atomic E-state index is 11.7. The lowest BCUT2D eigenvalue weighted by Crippen LogP contribution is -2.25. The summed E-state index contributed by atoms with van der Waals surface area (Å²) >= 11 is 0. The summed E-state index contributed by atoms with van der Waals surface area (Å²) in [5, 5.41) is 13.5. The van der Waals surface area contributed by atoms with Crippen LogP contribution in [0.1, 0.15) is 19.8 Å². The molecule has 0 fully saturated rings. The van der Waals surface area contributed by atoms with Crippen LogP contribution in [0.2, 0.25) is 0 Å². The Bertz CT molecular complexity index is 838. The Morgan fingerprint density at radius 1 is 1.15 bits per heavy atom. The molecule has 0 aliphatic rings. The minimum Gasteiger partial charge on any atom is -0.424 e. The number of ether oxygens (including phenoxy) is 1. The van der Waals surface area contributed by atoms with E-state index in [1.807, 2.05) is 6.92 Å². The normalized spacial score (nSPS) is 10.7. The van der Waals surface area contributed by atoms with Gasteiger partial charge in [0.15, 0.2) is 11.6 Å². The Labute approximate surface area is 157 Å². The zero-order valence-corrected chi connectivity index (χ0v) is 15.2. The topological polar surface area (TPSA) is 131 Å². The molecule has 0 saturated carbocycles. The maximum Gasteiger partial charge on any atom is 0.311 e. The van der Waals surface area contributed by atoms with Gasteiger partial charge < -0.3 is 21.1 Å². The lowest BCUT2D eigenvalue weighted by atomic mass is 10.3. The minimum atomic E-state index is -0.331. The molecule has 27 heavy (non-hydrogen) atoms. The predicted molar refractivity (Wildman–Crippen MR) is 102 cm³/mol. The zero-order valence-electron chi connectivity index (χ0n) is 15.2. The van der Waals surface area contributed by atoms with Crippen molar-refractivity contribution in [2.24, 2.45) is 10.2 Å². The number of nitrogens with two attached hydrogens (primary N) is 1. The second kappa shape index (κ2) is 9.97. The highest BCUT2D eigenvalue weighted by Crippen LogP contribution is 2.30. The van der Waals surface area contributed by atoms with E-state index in [2.05, 4.69) is 25.8 Å². The Kier molecular flexibility index (Phi) is 7.38. The van der Waals surface area contributed by atoms with Gasteiger partial charge in [-0.25, -0.2) is 4.98 Å². The van der Waals surface area contributed by atoms with Crippen molar-refractivity contribution in [1.82, 2.24) is 10.3 Å². The second-order valence-corrected chi connectivity index (χ2v) is 5.57. The highest BCUT2D eigenvalue weighted by atomic mass is 16.5. The molecule has 0 saturated heterocycles. The highest BCUT2D eigenvalue weighted by molar-refractivity contribution is 5.91. The maximum absolute atomic E-state index is 11.7. The molecule has 1 aromatic carbocycles. The predicted octanol–water partition coefficient (Wildman–Crippen LogP) is 2.94. The summed E-state index contributed by atoms with van der Waals surface area (Å²) in [6, 6.07) is 9.98. The summed E-state index contributed by atoms with van der Waals surface area (Å²) in [4.78, 5) is 27.3. The Balaban J connectivity index is 2.14. The first-order chi connectivity index (χ1) is 13.0. The summed E-state index contributed by atoms with van der Waals surface area (Å²) in [6.45, 7) is 2.06. The van der Waals surface area contributed by atoms with Crippen molar-refractivity contribution in [3.05, 3.63) is 36.4 Å². The number of pyridine rings is 1. The number of anilines is 2. The van der Waals surface area contributed by atoms with E-state index in [1.165, 1.54) is 0 Å². The first-order valence-electron chi connectivity index (χ1n) is 8.46. The number of amides is 1. The molecule has 0 radical (unpaired) electrons. The van der Waals surface area contributed by atoms with Crippen LogP contribution in [0.4, 0.5) is 23.0 Å². The number of hydrogen-bond acceptors (Lipinski definition) is 8. The summed E-state index contributed by atoms with van der Waals surface area (Å²) < 4.78 is 5.30. The number of azo groups is 1. The molecule has 0 unspecified atom stereocenters. The fraction of sp³-hybridized carbons (Fsp3) is 0.278. The van der Waals surface area contributed by atoms with Crippen LogP contribution in [0.25, 0.3) is 0 Å². The number of likely N-dealkylation sites (N-methyl/N-ethyl adjacent to an activating group) is 1. The SMILES string of the molecule is CCCC(=O)Oc1ccccc1N=Nc1ccc(NC(=O)CNC)nc1N. The number of carbonyl (C=O) groups is 2. The Hall–Kier alpha value is -3.33. The second-order valence-electron chi connectivity index (χ2n) is 5.57. The standard InChI is InChI=1S/C18H22N6O3/c1-3-6-17(26)27-14-8-5-4-7-12(14)23-24-13-9-10-15(22-18(13)19)21-16(25)11-20-2/h4-5,7-10,20H,3,6,11H2,1-2H3,(H3,19,21,22,25). The fourth-order valence-corrected chi connectivity index (χ4v) is 2.08. The third-order valence-corrected chi connectivity index (χ3v) is 3.32. The number of para-hydroxylation sites is 1. The summed E-state index contributed by atoms with van der Waals surface area (Å²) in [5.74, 6) is 0.189. The van der Waals surface area contributed by atoms with E-state index >= 15 is 0 Å². The van der Waals surface area contributed by atoms with Crippen molar-refractivity contribution in [2.75, 3.05) is 24.6 Å². The van der Waals surface area contributed by atoms with E-state index in [1.54, 1.807) is 43.4 Å². The molecule has 9 nitrogen and oxygen atoms in total. The average molecular weight is 370 g/mol. The van der Waals surface area contributed by atoms with Crippen molar-refractivity contribution in [2.45, 2.75) is 19.8 Å². The smallest absolute Gasteiger partial charge is 0.311 e. The number of nitrogen functional groups attached to an aromatic ring is 1. The van der Waals surface area contributed by atoms with Crippen LogP contribution in [0, 0.1) is 0 Å². The number of benzene rings is 1. The molecular formula is C18H22N6O3. The third kappa shape index (κ3) is 6.15. The number of nitrogens with zero attached hydrogens (tertiary/aromatic N) is 3. The van der Waals surface area contributed by atoms with Crippen LogP contribution in [0.5, 0.6) is 5.75 Å². The van der Waals surface area contributed by atoms with Crippen molar-refractivity contribution >= 4 is 34.9 Å². The van der Waals surface area contributed by atoms with Crippen molar-refractivity contribution in [3.8, 4) is 5.75 Å². The molecule has 142 valence electrons. The average Bonchev–Trinajstić information content (AvgIpc) is 2.62. The molecule has 2 rings (SSSR count). The molecule has 4 N–H and O–H groups in total. The third-order valence-electron chi connectivity index (χ3n) is 3.32. The summed E-state index contributed by atoms with van der Waals surface area (Å²) in [6.07, 6.45) is 1.02. The summed E-state index contributed by atoms with van der Waals surface area (Å²) in [5.41, 5.74) is 6.60. The number of nitrogens with one attached hydrogen (secondary N) is 2. The van der Waals surface area contributed by atoms with Gasteiger partial charge >= 0.3 is 5.97 Å². The van der Waals surface area contributed by atoms with Gasteiger partial charge in [-0.15, -0.1) is 10.2 Å². The largest absolute Gasteiger partial charge is 0.424 e. The van der Waals surface area contributed by atoms with Gasteiger partial charge in [0, 0.05) is 6.42 Å². The van der Waals surface area contributed by atoms with Crippen LogP contribution >= 0.6 is 0 Å². The lowest BCUT2D eigenvalue weighted by Gasteiger charge is -2.07. The van der Waals surface area contributed by atoms with Gasteiger partial charge in [0.05, 0.1) is 6.54 Å². The molecular weight excluding hydrogens is 348 g/mol. The lowest BCUT2D eigenvalue weighted by molar-refractivity contribution is -0.134. The molecule has 9 heteroatoms. The van der Waals surface area contributed by atoms with Crippen molar-refractivity contribution < 1.29 is 14.3 Å². The number of hydrogen-bond donors (Lipinski definition) is 3. The quantitative estimate of drug-likeness (QED) is 0.372. The molecule has 2 aromatic rings. The molecule has 0 atom stereocenters. The Morgan fingerprint density at radius 3 is 2.59 bits per heavy atom. The molecule has 1 amide bonds. The van der Waals surface area contributed by atoms with Gasteiger partial charge in [-0.05, 0) is 37.7 Å². The summed E-state index contributed by atoms with van der Waals surface area (Å²) in [7, 11) is 1.67. The molecule has 1 heterocycles. The van der Waals surface area contributed by atoms with Gasteiger partial charge in [-0.2, -0.15) is 0 Å². The van der Waals surface area contributed by atoms with E-state index in [0.29, 0.717) is 35.8 Å². The number of aromatic nitrogens is 1. The fourth-order valence-electron chi connectivity index (χ4n) is 2.08. The molecule has 0 aliphatic carbocycles. The van der Waals surface area contributed by atoms with Gasteiger partial charge in [-0.3, -0.25) is 9.59 Å². The van der Waals surface area contributed by atoms with Crippen LogP contribution in [-0.2, 0) is 9.59 Å². The Morgan fingerprint density at radius 2 is 1.89 bits per heavy atom. The van der Waals surface area contributed by atoms with Gasteiger partial charge in [0.1, 0.15) is 17.2 Å². The van der Waals surface area contributed by atoms with E-state index in [9.17, 15) is 9.59 Å². The number of esters is 1. The van der Waals surface area contributed by atoms with Crippen LogP contribution in [0.3, 0.4) is 0 Å². The molecule has 0 aliphatic heterocycles. The van der Waals surface area contributed by atoms with Gasteiger partial charge in [0.2, 0.25) is 5.91 Å².